The first kappa shape index (κ1) is 15.5. The zero-order chi connectivity index (χ0) is 16.7. The van der Waals surface area contributed by atoms with E-state index in [0.29, 0.717) is 23.5 Å². The lowest BCUT2D eigenvalue weighted by atomic mass is 9.97. The lowest BCUT2D eigenvalue weighted by Crippen LogP contribution is -2.54. The maximum Gasteiger partial charge on any atom is 0.320 e. The lowest BCUT2D eigenvalue weighted by molar-refractivity contribution is -0.0209. The molecule has 2 bridgehead atoms. The third kappa shape index (κ3) is 2.56. The number of nitrogens with one attached hydrogen (secondary N) is 2. The Morgan fingerprint density at radius 1 is 1.50 bits per heavy atom. The van der Waals surface area contributed by atoms with Crippen molar-refractivity contribution in [2.75, 3.05) is 25.6 Å². The number of thiazole rings is 1. The Morgan fingerprint density at radius 2 is 2.38 bits per heavy atom. The van der Waals surface area contributed by atoms with Gasteiger partial charge in [0.2, 0.25) is 0 Å². The van der Waals surface area contributed by atoms with Crippen LogP contribution in [0.3, 0.4) is 0 Å². The molecule has 0 spiro atoms. The van der Waals surface area contributed by atoms with Crippen molar-refractivity contribution in [1.29, 1.82) is 0 Å². The predicted octanol–water partition coefficient (Wildman–Crippen LogP) is 1.22. The van der Waals surface area contributed by atoms with Crippen LogP contribution in [0.15, 0.2) is 18.7 Å². The van der Waals surface area contributed by atoms with Crippen molar-refractivity contribution in [3.05, 3.63) is 29.3 Å². The number of hydrogen-bond acceptors (Lipinski definition) is 6. The van der Waals surface area contributed by atoms with E-state index in [0.717, 1.165) is 17.0 Å². The van der Waals surface area contributed by atoms with Gasteiger partial charge in [0.25, 0.3) is 0 Å². The van der Waals surface area contributed by atoms with Crippen molar-refractivity contribution in [2.45, 2.75) is 18.5 Å². The van der Waals surface area contributed by atoms with E-state index >= 15 is 0 Å². The van der Waals surface area contributed by atoms with E-state index in [4.69, 9.17) is 17.0 Å². The zero-order valence-corrected chi connectivity index (χ0v) is 14.6. The summed E-state index contributed by atoms with van der Waals surface area (Å²) in [4.78, 5) is 23.5. The number of hydrogen-bond donors (Lipinski definition) is 2. The van der Waals surface area contributed by atoms with Crippen molar-refractivity contribution in [3.63, 3.8) is 0 Å². The Bertz CT molecular complexity index is 774. The first-order chi connectivity index (χ1) is 11.7. The summed E-state index contributed by atoms with van der Waals surface area (Å²) in [6.07, 6.45) is 6.01. The molecule has 2 aromatic rings. The number of carbonyl (C=O) groups excluding carboxylic acids is 1. The highest BCUT2D eigenvalue weighted by atomic mass is 32.1. The van der Waals surface area contributed by atoms with Crippen molar-refractivity contribution in [1.82, 2.24) is 24.8 Å². The third-order valence-electron chi connectivity index (χ3n) is 4.17. The maximum absolute atomic E-state index is 11.5. The Morgan fingerprint density at radius 3 is 3.12 bits per heavy atom. The van der Waals surface area contributed by atoms with Gasteiger partial charge in [-0.15, -0.1) is 0 Å². The number of morpholine rings is 1. The summed E-state index contributed by atoms with van der Waals surface area (Å²) < 4.78 is 7.60. The molecule has 0 radical (unpaired) electrons. The number of ether oxygens (including phenoxy) is 1. The highest BCUT2D eigenvalue weighted by Gasteiger charge is 2.42. The van der Waals surface area contributed by atoms with Crippen LogP contribution >= 0.6 is 23.6 Å². The number of nitrogens with zero attached hydrogens (tertiary/aromatic N) is 4. The molecule has 2 aliphatic rings. The quantitative estimate of drug-likeness (QED) is 0.741. The van der Waals surface area contributed by atoms with Crippen LogP contribution in [0, 0.1) is 0 Å². The summed E-state index contributed by atoms with van der Waals surface area (Å²) in [6.45, 7) is 1.17. The third-order valence-corrected chi connectivity index (χ3v) is 5.70. The van der Waals surface area contributed by atoms with E-state index in [1.807, 2.05) is 10.8 Å². The smallest absolute Gasteiger partial charge is 0.320 e. The highest BCUT2D eigenvalue weighted by molar-refractivity contribution is 7.80. The second kappa shape index (κ2) is 6.11. The summed E-state index contributed by atoms with van der Waals surface area (Å²) in [6, 6.07) is -0.118. The normalized spacial score (nSPS) is 22.0. The number of thiocarbonyl (C=S) groups is 1. The molecule has 1 fully saturated rings. The monoisotopic (exact) mass is 364 g/mol. The van der Waals surface area contributed by atoms with Crippen molar-refractivity contribution in [3.8, 4) is 0 Å². The van der Waals surface area contributed by atoms with Crippen LogP contribution in [-0.4, -0.2) is 56.9 Å². The second-order valence-corrected chi connectivity index (χ2v) is 7.00. The van der Waals surface area contributed by atoms with Gasteiger partial charge in [-0.2, -0.15) is 0 Å². The van der Waals surface area contributed by atoms with Crippen LogP contribution in [0.1, 0.15) is 16.6 Å². The first-order valence-corrected chi connectivity index (χ1v) is 8.76. The molecule has 24 heavy (non-hydrogen) atoms. The number of fused-ring (bicyclic) bond motifs is 4. The molecular formula is C14H16N6O2S2. The van der Waals surface area contributed by atoms with Crippen LogP contribution in [0.2, 0.25) is 0 Å². The van der Waals surface area contributed by atoms with Gasteiger partial charge in [0, 0.05) is 25.9 Å². The van der Waals surface area contributed by atoms with Crippen molar-refractivity contribution < 1.29 is 9.53 Å². The molecule has 8 nitrogen and oxygen atoms in total. The Labute approximate surface area is 147 Å². The molecule has 4 rings (SSSR count). The molecule has 4 heterocycles. The minimum Gasteiger partial charge on any atom is -0.377 e. The Kier molecular flexibility index (Phi) is 3.94. The van der Waals surface area contributed by atoms with E-state index in [9.17, 15) is 4.79 Å². The highest BCUT2D eigenvalue weighted by Crippen LogP contribution is 2.41. The number of imidazole rings is 1. The van der Waals surface area contributed by atoms with Crippen LogP contribution in [0.25, 0.3) is 0 Å². The van der Waals surface area contributed by atoms with E-state index in [-0.39, 0.29) is 18.1 Å². The van der Waals surface area contributed by atoms with Crippen LogP contribution in [0.5, 0.6) is 0 Å². The molecule has 2 aromatic heterocycles. The predicted molar refractivity (Wildman–Crippen MR) is 93.3 cm³/mol. The van der Waals surface area contributed by atoms with Gasteiger partial charge in [-0.1, -0.05) is 11.3 Å². The standard InChI is InChI=1S/C14H16N6O2S2/c1-15-12(21)18-13-17-9-4-8-5-22-6-10(11(9)24-13)20(8)14(23)19-3-2-16-7-19/h2-3,7-8,10H,4-6H2,1H3,(H2,15,17,18,21)/t8-,10-/m0/s1. The largest absolute Gasteiger partial charge is 0.377 e. The fourth-order valence-electron chi connectivity index (χ4n) is 3.09. The molecule has 0 aromatic carbocycles. The number of amides is 2. The topological polar surface area (TPSA) is 84.3 Å². The summed E-state index contributed by atoms with van der Waals surface area (Å²) >= 11 is 7.15. The number of anilines is 1. The average molecular weight is 364 g/mol. The van der Waals surface area contributed by atoms with Crippen LogP contribution in [0.4, 0.5) is 9.93 Å². The molecular weight excluding hydrogens is 348 g/mol. The van der Waals surface area contributed by atoms with Gasteiger partial charge in [-0.3, -0.25) is 9.88 Å². The van der Waals surface area contributed by atoms with E-state index < -0.39 is 0 Å². The van der Waals surface area contributed by atoms with Crippen molar-refractivity contribution >= 4 is 39.8 Å². The minimum atomic E-state index is -0.272. The van der Waals surface area contributed by atoms with E-state index in [1.54, 1.807) is 19.6 Å². The molecule has 2 amide bonds. The molecule has 2 aliphatic heterocycles. The molecule has 126 valence electrons. The Balaban J connectivity index is 1.66. The van der Waals surface area contributed by atoms with Crippen molar-refractivity contribution in [2.24, 2.45) is 0 Å². The molecule has 1 saturated heterocycles. The van der Waals surface area contributed by atoms with Gasteiger partial charge >= 0.3 is 6.03 Å². The van der Waals surface area contributed by atoms with Gasteiger partial charge in [0.05, 0.1) is 35.9 Å². The lowest BCUT2D eigenvalue weighted by Gasteiger charge is -2.46. The summed E-state index contributed by atoms with van der Waals surface area (Å²) in [5.74, 6) is 0. The number of aromatic nitrogens is 3. The number of rotatable bonds is 1. The molecule has 2 atom stereocenters. The summed E-state index contributed by atoms with van der Waals surface area (Å²) in [5.41, 5.74) is 1.02. The Hall–Kier alpha value is -2.04. The SMILES string of the molecule is CNC(=O)Nc1nc2c(s1)[C@@H]1COC[C@H](C2)N1C(=S)n1ccnc1. The fraction of sp³-hybridized carbons (Fsp3) is 0.429. The van der Waals surface area contributed by atoms with Gasteiger partial charge in [0.15, 0.2) is 10.2 Å². The molecule has 0 unspecified atom stereocenters. The van der Waals surface area contributed by atoms with Crippen LogP contribution < -0.4 is 10.6 Å². The van der Waals surface area contributed by atoms with Gasteiger partial charge in [0.1, 0.15) is 6.33 Å². The average Bonchev–Trinajstić information content (AvgIpc) is 3.23. The maximum atomic E-state index is 11.5. The number of urea groups is 1. The van der Waals surface area contributed by atoms with Gasteiger partial charge in [-0.05, 0) is 12.2 Å². The van der Waals surface area contributed by atoms with E-state index in [1.165, 1.54) is 11.3 Å². The molecule has 2 N–H and O–H groups in total. The molecule has 10 heteroatoms. The first-order valence-electron chi connectivity index (χ1n) is 7.54. The zero-order valence-electron chi connectivity index (χ0n) is 12.9. The fourth-order valence-corrected chi connectivity index (χ4v) is 4.55. The second-order valence-electron chi connectivity index (χ2n) is 5.61. The van der Waals surface area contributed by atoms with E-state index in [2.05, 4.69) is 25.5 Å². The van der Waals surface area contributed by atoms with Crippen LogP contribution in [-0.2, 0) is 11.2 Å². The molecule has 0 saturated carbocycles. The number of carbonyl (C=O) groups is 1. The van der Waals surface area contributed by atoms with Gasteiger partial charge in [-0.25, -0.2) is 14.8 Å². The van der Waals surface area contributed by atoms with Gasteiger partial charge < -0.3 is 15.0 Å². The summed E-state index contributed by atoms with van der Waals surface area (Å²) in [7, 11) is 1.58. The summed E-state index contributed by atoms with van der Waals surface area (Å²) in [5, 5.41) is 6.60. The minimum absolute atomic E-state index is 0.0140. The molecule has 0 aliphatic carbocycles.